The second-order valence-corrected chi connectivity index (χ2v) is 13.5. The molecule has 3 saturated heterocycles. The first-order valence-corrected chi connectivity index (χ1v) is 16.0. The molecule has 0 radical (unpaired) electrons. The average molecular weight is 574 g/mol. The van der Waals surface area contributed by atoms with Crippen LogP contribution in [0.4, 0.5) is 5.69 Å². The molecule has 5 aliphatic rings. The third-order valence-electron chi connectivity index (χ3n) is 10.2. The molecule has 4 aliphatic heterocycles. The van der Waals surface area contributed by atoms with Crippen LogP contribution in [-0.4, -0.2) is 73.0 Å². The highest BCUT2D eigenvalue weighted by atomic mass is 35.5. The number of hydrogen-bond donors (Lipinski definition) is 1. The van der Waals surface area contributed by atoms with Crippen LogP contribution >= 0.6 is 11.6 Å². The number of piperidine rings is 1. The molecule has 2 aromatic carbocycles. The number of aromatic nitrogens is 2. The molecule has 41 heavy (non-hydrogen) atoms. The van der Waals surface area contributed by atoms with Crippen molar-refractivity contribution in [3.63, 3.8) is 0 Å². The molecule has 5 heterocycles. The van der Waals surface area contributed by atoms with E-state index in [0.29, 0.717) is 30.6 Å². The fourth-order valence-electron chi connectivity index (χ4n) is 7.84. The average Bonchev–Trinajstić information content (AvgIpc) is 3.69. The van der Waals surface area contributed by atoms with Crippen LogP contribution in [0.15, 0.2) is 36.4 Å². The van der Waals surface area contributed by atoms with E-state index < -0.39 is 0 Å². The predicted molar refractivity (Wildman–Crippen MR) is 162 cm³/mol. The molecule has 0 amide bonds. The number of fused-ring (bicyclic) bond motifs is 4. The van der Waals surface area contributed by atoms with Gasteiger partial charge in [0.1, 0.15) is 0 Å². The summed E-state index contributed by atoms with van der Waals surface area (Å²) in [7, 11) is 0. The second kappa shape index (κ2) is 10.7. The predicted octanol–water partition coefficient (Wildman–Crippen LogP) is 5.34. The number of hydrogen-bond acceptors (Lipinski definition) is 7. The molecule has 3 aromatic rings. The minimum absolute atomic E-state index is 0.233. The maximum absolute atomic E-state index is 6.74. The normalized spacial score (nSPS) is 27.1. The van der Waals surface area contributed by atoms with E-state index in [2.05, 4.69) is 39.4 Å². The monoisotopic (exact) mass is 573 g/mol. The zero-order valence-corrected chi connectivity index (χ0v) is 24.5. The van der Waals surface area contributed by atoms with E-state index in [-0.39, 0.29) is 5.41 Å². The van der Waals surface area contributed by atoms with Crippen molar-refractivity contribution in [2.45, 2.75) is 69.5 Å². The van der Waals surface area contributed by atoms with E-state index in [0.717, 1.165) is 68.5 Å². The minimum atomic E-state index is 0.233. The third-order valence-corrected chi connectivity index (χ3v) is 10.6. The summed E-state index contributed by atoms with van der Waals surface area (Å²) in [5, 5.41) is 6.92. The van der Waals surface area contributed by atoms with Gasteiger partial charge in [0.15, 0.2) is 0 Å². The number of rotatable bonds is 7. The quantitative estimate of drug-likeness (QED) is 0.409. The molecule has 7 nitrogen and oxygen atoms in total. The van der Waals surface area contributed by atoms with Gasteiger partial charge in [0, 0.05) is 60.7 Å². The summed E-state index contributed by atoms with van der Waals surface area (Å²) in [6.07, 6.45) is 8.30. The molecule has 8 rings (SSSR count). The van der Waals surface area contributed by atoms with Crippen LogP contribution in [-0.2, 0) is 17.7 Å². The molecule has 2 bridgehead atoms. The lowest BCUT2D eigenvalue weighted by Gasteiger charge is -2.35. The molecule has 3 atom stereocenters. The van der Waals surface area contributed by atoms with Crippen LogP contribution in [0.25, 0.3) is 10.8 Å². The Morgan fingerprint density at radius 1 is 1.00 bits per heavy atom. The molecule has 4 fully saturated rings. The zero-order valence-electron chi connectivity index (χ0n) is 23.8. The van der Waals surface area contributed by atoms with Crippen LogP contribution in [0.1, 0.15) is 61.4 Å². The van der Waals surface area contributed by atoms with Crippen LogP contribution in [0.2, 0.25) is 5.02 Å². The number of nitrogens with zero attached hydrogens (tertiary/aromatic N) is 4. The van der Waals surface area contributed by atoms with Gasteiger partial charge in [-0.2, -0.15) is 9.97 Å². The summed E-state index contributed by atoms with van der Waals surface area (Å²) in [5.41, 5.74) is 5.17. The van der Waals surface area contributed by atoms with Gasteiger partial charge in [-0.05, 0) is 68.0 Å². The van der Waals surface area contributed by atoms with Crippen molar-refractivity contribution < 1.29 is 9.47 Å². The molecule has 1 unspecified atom stereocenters. The summed E-state index contributed by atoms with van der Waals surface area (Å²) in [5.74, 6) is 0.481. The van der Waals surface area contributed by atoms with Gasteiger partial charge >= 0.3 is 6.01 Å². The first-order chi connectivity index (χ1) is 20.1. The lowest BCUT2D eigenvalue weighted by Crippen LogP contribution is -2.41. The maximum atomic E-state index is 6.74. The Hall–Kier alpha value is -2.45. The topological polar surface area (TPSA) is 62.8 Å². The van der Waals surface area contributed by atoms with Gasteiger partial charge in [0.05, 0.1) is 42.8 Å². The molecule has 8 heteroatoms. The molecule has 1 saturated carbocycles. The van der Waals surface area contributed by atoms with Gasteiger partial charge < -0.3 is 19.7 Å². The first-order valence-electron chi connectivity index (χ1n) is 15.6. The van der Waals surface area contributed by atoms with Crippen molar-refractivity contribution in [3.8, 4) is 6.01 Å². The fraction of sp³-hybridized carbons (Fsp3) is 0.576. The van der Waals surface area contributed by atoms with Crippen molar-refractivity contribution in [1.29, 1.82) is 0 Å². The molecule has 216 valence electrons. The Kier molecular flexibility index (Phi) is 6.82. The highest BCUT2D eigenvalue weighted by Crippen LogP contribution is 2.47. The summed E-state index contributed by atoms with van der Waals surface area (Å²) in [6, 6.07) is 14.5. The zero-order chi connectivity index (χ0) is 27.4. The Bertz CT molecular complexity index is 1420. The number of halogens is 1. The highest BCUT2D eigenvalue weighted by molar-refractivity contribution is 6.36. The standard InChI is InChI=1S/C33H40ClN5O2/c34-27-5-1-3-22-4-2-6-29(30(22)27)39-12-9-26-28(19-39)36-32(37-31(26)23-17-24-7-8-25(18-23)35-24)41-21-33(10-11-33)20-38-13-15-40-16-14-38/h1-6,23-25,35H,7-21H2/t23?,24-,25+. The van der Waals surface area contributed by atoms with Crippen LogP contribution < -0.4 is 15.0 Å². The summed E-state index contributed by atoms with van der Waals surface area (Å²) in [4.78, 5) is 15.3. The van der Waals surface area contributed by atoms with Crippen molar-refractivity contribution in [1.82, 2.24) is 20.2 Å². The van der Waals surface area contributed by atoms with Crippen LogP contribution in [0.5, 0.6) is 6.01 Å². The van der Waals surface area contributed by atoms with E-state index in [1.54, 1.807) is 0 Å². The fourth-order valence-corrected chi connectivity index (χ4v) is 8.12. The Labute approximate surface area is 247 Å². The third kappa shape index (κ3) is 5.20. The summed E-state index contributed by atoms with van der Waals surface area (Å²) in [6.45, 7) is 7.19. The number of ether oxygens (including phenoxy) is 2. The van der Waals surface area contributed by atoms with Crippen molar-refractivity contribution >= 4 is 28.1 Å². The lowest BCUT2D eigenvalue weighted by atomic mass is 9.85. The number of morpholine rings is 1. The van der Waals surface area contributed by atoms with E-state index in [4.69, 9.17) is 31.0 Å². The molecular weight excluding hydrogens is 534 g/mol. The van der Waals surface area contributed by atoms with Crippen molar-refractivity contribution in [2.75, 3.05) is 50.9 Å². The minimum Gasteiger partial charge on any atom is -0.463 e. The van der Waals surface area contributed by atoms with E-state index >= 15 is 0 Å². The summed E-state index contributed by atoms with van der Waals surface area (Å²) >= 11 is 6.74. The Morgan fingerprint density at radius 3 is 2.56 bits per heavy atom. The number of benzene rings is 2. The second-order valence-electron chi connectivity index (χ2n) is 13.1. The number of nitrogens with one attached hydrogen (secondary N) is 1. The SMILES string of the molecule is Clc1cccc2cccc(N3CCc4c(nc(OCC5(CN6CCOCC6)CC5)nc4C4C[C@H]5CC[C@@H](C4)N5)C3)c12. The summed E-state index contributed by atoms with van der Waals surface area (Å²) < 4.78 is 12.1. The lowest BCUT2D eigenvalue weighted by molar-refractivity contribution is 0.0231. The Morgan fingerprint density at radius 2 is 1.78 bits per heavy atom. The van der Waals surface area contributed by atoms with E-state index in [1.807, 2.05) is 12.1 Å². The molecule has 1 aromatic heterocycles. The smallest absolute Gasteiger partial charge is 0.316 e. The van der Waals surface area contributed by atoms with Gasteiger partial charge in [-0.1, -0.05) is 35.9 Å². The van der Waals surface area contributed by atoms with Gasteiger partial charge in [-0.15, -0.1) is 0 Å². The molecular formula is C33H40ClN5O2. The largest absolute Gasteiger partial charge is 0.463 e. The highest BCUT2D eigenvalue weighted by Gasteiger charge is 2.45. The maximum Gasteiger partial charge on any atom is 0.316 e. The van der Waals surface area contributed by atoms with Gasteiger partial charge in [-0.25, -0.2) is 0 Å². The van der Waals surface area contributed by atoms with Crippen LogP contribution in [0, 0.1) is 5.41 Å². The van der Waals surface area contributed by atoms with Crippen molar-refractivity contribution in [3.05, 3.63) is 58.4 Å². The van der Waals surface area contributed by atoms with E-state index in [9.17, 15) is 0 Å². The Balaban J connectivity index is 1.09. The van der Waals surface area contributed by atoms with Gasteiger partial charge in [0.2, 0.25) is 0 Å². The van der Waals surface area contributed by atoms with Gasteiger partial charge in [0.25, 0.3) is 0 Å². The molecule has 0 spiro atoms. The van der Waals surface area contributed by atoms with Gasteiger partial charge in [-0.3, -0.25) is 4.90 Å². The molecule has 1 N–H and O–H groups in total. The van der Waals surface area contributed by atoms with Crippen molar-refractivity contribution in [2.24, 2.45) is 5.41 Å². The van der Waals surface area contributed by atoms with E-state index in [1.165, 1.54) is 60.9 Å². The molecule has 1 aliphatic carbocycles. The van der Waals surface area contributed by atoms with Crippen LogP contribution in [0.3, 0.4) is 0 Å². The number of anilines is 1. The first kappa shape index (κ1) is 26.2.